The van der Waals surface area contributed by atoms with Crippen LogP contribution >= 0.6 is 0 Å². The molecule has 0 saturated heterocycles. The van der Waals surface area contributed by atoms with Crippen LogP contribution in [0.15, 0.2) is 46.7 Å². The van der Waals surface area contributed by atoms with Gasteiger partial charge in [-0.2, -0.15) is 5.20 Å². The minimum Gasteiger partial charge on any atom is -1.00 e. The summed E-state index contributed by atoms with van der Waals surface area (Å²) in [5, 5.41) is 3.18. The van der Waals surface area contributed by atoms with E-state index >= 15 is 0 Å². The quantitative estimate of drug-likeness (QED) is 0.212. The van der Waals surface area contributed by atoms with Gasteiger partial charge in [0.25, 0.3) is 0 Å². The maximum Gasteiger partial charge on any atom is 4.00 e. The summed E-state index contributed by atoms with van der Waals surface area (Å²) in [7, 11) is -0.303. The summed E-state index contributed by atoms with van der Waals surface area (Å²) in [6, 6.07) is 11.0. The summed E-state index contributed by atoms with van der Waals surface area (Å²) >= 11 is 0. The van der Waals surface area contributed by atoms with E-state index in [-0.39, 0.29) is 68.5 Å². The Kier molecular flexibility index (Phi) is 20.1. The number of allylic oxidation sites excluding steroid dienone is 4. The van der Waals surface area contributed by atoms with Crippen molar-refractivity contribution in [2.24, 2.45) is 5.92 Å². The van der Waals surface area contributed by atoms with Gasteiger partial charge in [-0.25, -0.2) is 11.1 Å². The Morgan fingerprint density at radius 3 is 2.24 bits per heavy atom. The summed E-state index contributed by atoms with van der Waals surface area (Å²) < 4.78 is 0. The van der Waals surface area contributed by atoms with Crippen LogP contribution in [0.4, 0.5) is 0 Å². The molecule has 0 saturated carbocycles. The zero-order chi connectivity index (χ0) is 15.1. The zero-order valence-electron chi connectivity index (χ0n) is 15.5. The first-order valence-electron chi connectivity index (χ1n) is 8.62. The van der Waals surface area contributed by atoms with Crippen molar-refractivity contribution in [1.82, 2.24) is 0 Å². The summed E-state index contributed by atoms with van der Waals surface area (Å²) in [5.74, 6) is 0.684. The van der Waals surface area contributed by atoms with E-state index in [0.29, 0.717) is 5.92 Å². The van der Waals surface area contributed by atoms with Gasteiger partial charge in [-0.15, -0.1) is 0 Å². The van der Waals surface area contributed by atoms with Crippen LogP contribution in [0, 0.1) is 12.0 Å². The predicted octanol–water partition coefficient (Wildman–Crippen LogP) is -4.50. The molecule has 1 unspecified atom stereocenters. The number of benzene rings is 1. The van der Waals surface area contributed by atoms with Crippen molar-refractivity contribution in [3.63, 3.8) is 0 Å². The molecule has 0 aliphatic heterocycles. The van der Waals surface area contributed by atoms with Gasteiger partial charge in [0.05, 0.1) is 9.52 Å². The van der Waals surface area contributed by atoms with E-state index in [1.165, 1.54) is 38.5 Å². The average molecular weight is 452 g/mol. The van der Waals surface area contributed by atoms with E-state index in [4.69, 9.17) is 0 Å². The molecule has 0 fully saturated rings. The fraction of sp³-hybridized carbons (Fsp3) is 0.500. The van der Waals surface area contributed by atoms with Gasteiger partial charge in [-0.3, -0.25) is 6.08 Å². The molecule has 0 nitrogen and oxygen atoms in total. The minimum absolute atomic E-state index is 0. The molecule has 0 aromatic heterocycles. The maximum atomic E-state index is 3.83. The molecule has 0 amide bonds. The minimum atomic E-state index is -0.303. The van der Waals surface area contributed by atoms with E-state index < -0.39 is 0 Å². The predicted molar refractivity (Wildman–Crippen MR) is 96.6 cm³/mol. The molecule has 0 radical (unpaired) electrons. The van der Waals surface area contributed by atoms with Crippen LogP contribution in [0.1, 0.15) is 59.3 Å². The van der Waals surface area contributed by atoms with Crippen LogP contribution in [-0.4, -0.2) is 9.52 Å². The van der Waals surface area contributed by atoms with E-state index in [1.807, 2.05) is 0 Å². The van der Waals surface area contributed by atoms with Crippen LogP contribution in [0.3, 0.4) is 0 Å². The molecule has 0 N–H and O–H groups in total. The number of rotatable bonds is 8. The average Bonchev–Trinajstić information content (AvgIpc) is 2.90. The van der Waals surface area contributed by atoms with Crippen LogP contribution in [0.2, 0.25) is 0 Å². The van der Waals surface area contributed by atoms with Gasteiger partial charge < -0.3 is 37.2 Å². The first kappa shape index (κ1) is 30.2. The monoisotopic (exact) mass is 450 g/mol. The summed E-state index contributed by atoms with van der Waals surface area (Å²) in [6.07, 6.45) is 11.6. The Balaban J connectivity index is -0.00000121. The zero-order valence-corrected chi connectivity index (χ0v) is 20.8. The Labute approximate surface area is 190 Å². The molecule has 2 rings (SSSR count). The largest absolute Gasteiger partial charge is 4.00 e. The molecule has 1 aromatic carbocycles. The van der Waals surface area contributed by atoms with Gasteiger partial charge in [-0.1, -0.05) is 101 Å². The molecule has 0 spiro atoms. The van der Waals surface area contributed by atoms with Gasteiger partial charge in [0.1, 0.15) is 0 Å². The summed E-state index contributed by atoms with van der Waals surface area (Å²) in [5.41, 5.74) is 3.27. The van der Waals surface area contributed by atoms with Crippen molar-refractivity contribution in [2.45, 2.75) is 59.3 Å². The summed E-state index contributed by atoms with van der Waals surface area (Å²) in [6.45, 7) is 6.96. The molecule has 0 bridgehead atoms. The maximum absolute atomic E-state index is 3.83. The van der Waals surface area contributed by atoms with E-state index in [1.54, 1.807) is 21.5 Å². The first-order valence-corrected chi connectivity index (χ1v) is 10.0. The van der Waals surface area contributed by atoms with E-state index in [2.05, 4.69) is 57.2 Å². The van der Waals surface area contributed by atoms with Gasteiger partial charge in [-0.05, 0) is 0 Å². The SMILES string of the molecule is CCCCCC1=C(C(C)CC)[C-]=C([SiH2]c2ccccc2)C1.[Cl-].[Cl-].[Cl-].[Ti+4]. The first-order chi connectivity index (χ1) is 10.2. The fourth-order valence-electron chi connectivity index (χ4n) is 3.11. The molecule has 138 valence electrons. The summed E-state index contributed by atoms with van der Waals surface area (Å²) in [4.78, 5) is 0. The normalized spacial score (nSPS) is 14.1. The smallest absolute Gasteiger partial charge is 1.00 e. The van der Waals surface area contributed by atoms with Crippen molar-refractivity contribution in [3.05, 3.63) is 52.8 Å². The Hall–Kier alpha value is 0.501. The standard InChI is InChI=1S/C20H29Si.3ClH.Ti/c1-4-6-8-11-17-14-19(15-20(17)16(3)5-2)21-18-12-9-7-10-13-18;;;;/h7,9-10,12-13,16H,4-6,8,11,14,21H2,1-3H3;3*1H;/q-1;;;;+4/p-3. The topological polar surface area (TPSA) is 0 Å². The third-order valence-corrected chi connectivity index (χ3v) is 6.30. The van der Waals surface area contributed by atoms with Crippen molar-refractivity contribution in [3.8, 4) is 0 Å². The van der Waals surface area contributed by atoms with Crippen LogP contribution in [-0.2, 0) is 21.7 Å². The molecular weight excluding hydrogens is 423 g/mol. The molecule has 0 heterocycles. The molecule has 1 atom stereocenters. The van der Waals surface area contributed by atoms with E-state index in [9.17, 15) is 0 Å². The molecule has 5 heteroatoms. The molecule has 1 aliphatic rings. The van der Waals surface area contributed by atoms with Gasteiger partial charge in [0.2, 0.25) is 0 Å². The van der Waals surface area contributed by atoms with Crippen molar-refractivity contribution < 1.29 is 58.9 Å². The van der Waals surface area contributed by atoms with Gasteiger partial charge in [0, 0.05) is 0 Å². The van der Waals surface area contributed by atoms with Crippen LogP contribution < -0.4 is 42.4 Å². The number of unbranched alkanes of at least 4 members (excludes halogenated alkanes) is 2. The molecule has 1 aliphatic carbocycles. The molecule has 25 heavy (non-hydrogen) atoms. The number of halogens is 3. The number of hydrogen-bond acceptors (Lipinski definition) is 0. The Morgan fingerprint density at radius 2 is 1.68 bits per heavy atom. The van der Waals surface area contributed by atoms with Crippen LogP contribution in [0.5, 0.6) is 0 Å². The second-order valence-corrected chi connectivity index (χ2v) is 8.37. The van der Waals surface area contributed by atoms with E-state index in [0.717, 1.165) is 0 Å². The fourth-order valence-corrected chi connectivity index (χ4v) is 4.82. The van der Waals surface area contributed by atoms with Gasteiger partial charge in [0.15, 0.2) is 0 Å². The molecule has 1 aromatic rings. The second kappa shape index (κ2) is 16.7. The number of hydrogen-bond donors (Lipinski definition) is 0. The second-order valence-electron chi connectivity index (χ2n) is 6.35. The van der Waals surface area contributed by atoms with Gasteiger partial charge >= 0.3 is 21.7 Å². The van der Waals surface area contributed by atoms with Crippen LogP contribution in [0.25, 0.3) is 0 Å². The van der Waals surface area contributed by atoms with Crippen molar-refractivity contribution in [2.75, 3.05) is 0 Å². The third kappa shape index (κ3) is 9.84. The Morgan fingerprint density at radius 1 is 1.04 bits per heavy atom. The van der Waals surface area contributed by atoms with Crippen molar-refractivity contribution >= 4 is 14.7 Å². The third-order valence-electron chi connectivity index (χ3n) is 4.57. The van der Waals surface area contributed by atoms with Crippen molar-refractivity contribution in [1.29, 1.82) is 0 Å². The molecular formula is C20H29Cl3SiTi. The Bertz CT molecular complexity index is 515.